The van der Waals surface area contributed by atoms with Gasteiger partial charge >= 0.3 is 0 Å². The Morgan fingerprint density at radius 2 is 1.91 bits per heavy atom. The van der Waals surface area contributed by atoms with Crippen molar-refractivity contribution in [2.45, 2.75) is 6.92 Å². The number of furan rings is 1. The molecular formula is C17H12N2O2S. The lowest BCUT2D eigenvalue weighted by Crippen LogP contribution is -2.05. The highest BCUT2D eigenvalue weighted by Crippen LogP contribution is 2.40. The van der Waals surface area contributed by atoms with Crippen LogP contribution in [0.15, 0.2) is 52.9 Å². The van der Waals surface area contributed by atoms with Gasteiger partial charge < -0.3 is 9.73 Å². The van der Waals surface area contributed by atoms with Gasteiger partial charge in [0.2, 0.25) is 5.91 Å². The van der Waals surface area contributed by atoms with Crippen LogP contribution in [0.25, 0.3) is 32.0 Å². The van der Waals surface area contributed by atoms with E-state index in [-0.39, 0.29) is 5.91 Å². The maximum absolute atomic E-state index is 11.5. The van der Waals surface area contributed by atoms with Crippen LogP contribution in [0, 0.1) is 0 Å². The molecule has 1 amide bonds. The molecule has 0 saturated heterocycles. The van der Waals surface area contributed by atoms with Crippen LogP contribution in [0.2, 0.25) is 0 Å². The van der Waals surface area contributed by atoms with E-state index in [1.54, 1.807) is 11.3 Å². The summed E-state index contributed by atoms with van der Waals surface area (Å²) < 4.78 is 7.04. The first-order valence-corrected chi connectivity index (χ1v) is 7.69. The lowest BCUT2D eigenvalue weighted by atomic mass is 10.2. The van der Waals surface area contributed by atoms with E-state index in [0.717, 1.165) is 26.2 Å². The molecule has 108 valence electrons. The van der Waals surface area contributed by atoms with Crippen LogP contribution in [0.5, 0.6) is 0 Å². The van der Waals surface area contributed by atoms with E-state index in [0.29, 0.717) is 11.4 Å². The van der Waals surface area contributed by atoms with Gasteiger partial charge in [0.05, 0.1) is 15.9 Å². The second-order valence-electron chi connectivity index (χ2n) is 4.97. The third-order valence-electron chi connectivity index (χ3n) is 3.38. The Morgan fingerprint density at radius 3 is 2.73 bits per heavy atom. The van der Waals surface area contributed by atoms with Gasteiger partial charge in [-0.2, -0.15) is 0 Å². The van der Waals surface area contributed by atoms with Gasteiger partial charge in [0.1, 0.15) is 5.58 Å². The smallest absolute Gasteiger partial charge is 0.221 e. The minimum Gasteiger partial charge on any atom is -0.451 e. The van der Waals surface area contributed by atoms with Crippen molar-refractivity contribution in [1.29, 1.82) is 0 Å². The van der Waals surface area contributed by atoms with Crippen molar-refractivity contribution in [3.8, 4) is 10.8 Å². The Morgan fingerprint density at radius 1 is 1.14 bits per heavy atom. The number of nitrogens with zero attached hydrogens (tertiary/aromatic N) is 1. The molecule has 2 aromatic heterocycles. The molecule has 0 bridgehead atoms. The molecule has 0 unspecified atom stereocenters. The average Bonchev–Trinajstić information content (AvgIpc) is 3.08. The largest absolute Gasteiger partial charge is 0.451 e. The van der Waals surface area contributed by atoms with Crippen LogP contribution in [0.1, 0.15) is 6.92 Å². The number of carbonyl (C=O) groups is 1. The van der Waals surface area contributed by atoms with Crippen LogP contribution in [0.4, 0.5) is 5.69 Å². The number of para-hydroxylation sites is 2. The highest BCUT2D eigenvalue weighted by Gasteiger charge is 2.19. The number of anilines is 1. The molecule has 0 aliphatic carbocycles. The Kier molecular flexibility index (Phi) is 2.94. The molecule has 2 heterocycles. The number of rotatable bonds is 2. The second-order valence-corrected chi connectivity index (χ2v) is 6.00. The molecule has 0 spiro atoms. The first-order chi connectivity index (χ1) is 10.7. The Hall–Kier alpha value is -2.66. The van der Waals surface area contributed by atoms with Gasteiger partial charge in [0, 0.05) is 12.3 Å². The number of amides is 1. The van der Waals surface area contributed by atoms with E-state index in [9.17, 15) is 4.79 Å². The molecule has 1 N–H and O–H groups in total. The van der Waals surface area contributed by atoms with Gasteiger partial charge in [0.15, 0.2) is 10.8 Å². The van der Waals surface area contributed by atoms with E-state index in [2.05, 4.69) is 10.3 Å². The summed E-state index contributed by atoms with van der Waals surface area (Å²) in [6.07, 6.45) is 0. The van der Waals surface area contributed by atoms with Crippen molar-refractivity contribution in [3.05, 3.63) is 48.5 Å². The number of hydrogen-bond donors (Lipinski definition) is 1. The fourth-order valence-electron chi connectivity index (χ4n) is 2.47. The third-order valence-corrected chi connectivity index (χ3v) is 4.42. The first-order valence-electron chi connectivity index (χ1n) is 6.87. The summed E-state index contributed by atoms with van der Waals surface area (Å²) >= 11 is 1.55. The minimum absolute atomic E-state index is 0.131. The molecule has 2 aromatic carbocycles. The molecule has 0 radical (unpaired) electrons. The van der Waals surface area contributed by atoms with Crippen LogP contribution < -0.4 is 5.32 Å². The summed E-state index contributed by atoms with van der Waals surface area (Å²) in [5, 5.41) is 4.52. The molecule has 4 aromatic rings. The number of aromatic nitrogens is 1. The van der Waals surface area contributed by atoms with E-state index >= 15 is 0 Å². The number of nitrogens with one attached hydrogen (secondary N) is 1. The maximum atomic E-state index is 11.5. The zero-order valence-corrected chi connectivity index (χ0v) is 12.6. The van der Waals surface area contributed by atoms with Gasteiger partial charge in [-0.15, -0.1) is 11.3 Å². The molecule has 4 rings (SSSR count). The summed E-state index contributed by atoms with van der Waals surface area (Å²) in [5.74, 6) is 0.478. The third kappa shape index (κ3) is 2.07. The van der Waals surface area contributed by atoms with Crippen molar-refractivity contribution in [3.63, 3.8) is 0 Å². The number of hydrogen-bond acceptors (Lipinski definition) is 4. The molecule has 5 heteroatoms. The molecule has 4 nitrogen and oxygen atoms in total. The van der Waals surface area contributed by atoms with Crippen molar-refractivity contribution < 1.29 is 9.21 Å². The van der Waals surface area contributed by atoms with Gasteiger partial charge in [0.25, 0.3) is 0 Å². The molecule has 0 aliphatic rings. The highest BCUT2D eigenvalue weighted by atomic mass is 32.1. The predicted octanol–water partition coefficient (Wildman–Crippen LogP) is 4.67. The molecule has 0 aliphatic heterocycles. The Bertz CT molecular complexity index is 967. The van der Waals surface area contributed by atoms with Gasteiger partial charge in [-0.3, -0.25) is 4.79 Å². The molecule has 0 saturated carbocycles. The molecule has 0 atom stereocenters. The van der Waals surface area contributed by atoms with Crippen molar-refractivity contribution in [2.24, 2.45) is 0 Å². The van der Waals surface area contributed by atoms with Crippen LogP contribution in [-0.4, -0.2) is 10.9 Å². The second kappa shape index (κ2) is 4.96. The topological polar surface area (TPSA) is 55.1 Å². The van der Waals surface area contributed by atoms with E-state index in [4.69, 9.17) is 4.42 Å². The summed E-state index contributed by atoms with van der Waals surface area (Å²) in [6, 6.07) is 15.6. The standard InChI is InChI=1S/C17H12N2O2S/c1-10(20)18-15-11-6-2-4-8-13(11)21-16(15)17-19-12-7-3-5-9-14(12)22-17/h2-9H,1H3,(H,18,20). The average molecular weight is 308 g/mol. The fraction of sp³-hybridized carbons (Fsp3) is 0.0588. The number of benzene rings is 2. The molecule has 0 fully saturated rings. The monoisotopic (exact) mass is 308 g/mol. The fourth-order valence-corrected chi connectivity index (χ4v) is 3.42. The van der Waals surface area contributed by atoms with Gasteiger partial charge in [-0.1, -0.05) is 24.3 Å². The van der Waals surface area contributed by atoms with E-state index < -0.39 is 0 Å². The highest BCUT2D eigenvalue weighted by molar-refractivity contribution is 7.21. The first kappa shape index (κ1) is 13.0. The number of thiazole rings is 1. The quantitative estimate of drug-likeness (QED) is 0.585. The summed E-state index contributed by atoms with van der Waals surface area (Å²) in [4.78, 5) is 16.2. The minimum atomic E-state index is -0.131. The molecule has 22 heavy (non-hydrogen) atoms. The van der Waals surface area contributed by atoms with Crippen LogP contribution in [0.3, 0.4) is 0 Å². The number of fused-ring (bicyclic) bond motifs is 2. The predicted molar refractivity (Wildman–Crippen MR) is 89.1 cm³/mol. The van der Waals surface area contributed by atoms with Gasteiger partial charge in [-0.05, 0) is 24.3 Å². The summed E-state index contributed by atoms with van der Waals surface area (Å²) in [7, 11) is 0. The normalized spacial score (nSPS) is 11.1. The Labute approximate surface area is 130 Å². The Balaban J connectivity index is 1.98. The van der Waals surface area contributed by atoms with E-state index in [1.807, 2.05) is 48.5 Å². The summed E-state index contributed by atoms with van der Waals surface area (Å²) in [5.41, 5.74) is 2.35. The van der Waals surface area contributed by atoms with Gasteiger partial charge in [-0.25, -0.2) is 4.98 Å². The lowest BCUT2D eigenvalue weighted by molar-refractivity contribution is -0.114. The van der Waals surface area contributed by atoms with Crippen molar-refractivity contribution >= 4 is 44.1 Å². The summed E-state index contributed by atoms with van der Waals surface area (Å²) in [6.45, 7) is 1.49. The van der Waals surface area contributed by atoms with Crippen LogP contribution >= 0.6 is 11.3 Å². The lowest BCUT2D eigenvalue weighted by Gasteiger charge is -2.00. The van der Waals surface area contributed by atoms with Crippen LogP contribution in [-0.2, 0) is 4.79 Å². The van der Waals surface area contributed by atoms with E-state index in [1.165, 1.54) is 6.92 Å². The zero-order valence-electron chi connectivity index (χ0n) is 11.8. The molecular weight excluding hydrogens is 296 g/mol. The zero-order chi connectivity index (χ0) is 15.1. The van der Waals surface area contributed by atoms with Crippen molar-refractivity contribution in [2.75, 3.05) is 5.32 Å². The maximum Gasteiger partial charge on any atom is 0.221 e. The SMILES string of the molecule is CC(=O)Nc1c(-c2nc3ccccc3s2)oc2ccccc12. The van der Waals surface area contributed by atoms with Crippen molar-refractivity contribution in [1.82, 2.24) is 4.98 Å². The number of carbonyl (C=O) groups excluding carboxylic acids is 1.